The Hall–Kier alpha value is -1.77. The summed E-state index contributed by atoms with van der Waals surface area (Å²) in [6.45, 7) is 1.28. The minimum atomic E-state index is -4.57. The molecule has 2 amide bonds. The minimum Gasteiger partial charge on any atom is -0.480 e. The van der Waals surface area contributed by atoms with Gasteiger partial charge in [-0.25, -0.2) is 9.59 Å². The van der Waals surface area contributed by atoms with Crippen LogP contribution in [0.25, 0.3) is 0 Å². The van der Waals surface area contributed by atoms with E-state index in [4.69, 9.17) is 5.11 Å². The summed E-state index contributed by atoms with van der Waals surface area (Å²) in [5.41, 5.74) is -1.02. The quantitative estimate of drug-likeness (QED) is 0.858. The zero-order valence-electron chi connectivity index (χ0n) is 11.0. The molecule has 0 heterocycles. The number of hydrogen-bond donors (Lipinski definition) is 2. The van der Waals surface area contributed by atoms with Crippen molar-refractivity contribution in [1.29, 1.82) is 0 Å². The largest absolute Gasteiger partial charge is 0.480 e. The first-order chi connectivity index (χ1) is 9.54. The van der Waals surface area contributed by atoms with Crippen LogP contribution in [0.5, 0.6) is 0 Å². The molecule has 0 saturated carbocycles. The molecule has 1 unspecified atom stereocenters. The van der Waals surface area contributed by atoms with E-state index in [2.05, 4.69) is 21.2 Å². The normalized spacial score (nSPS) is 12.7. The van der Waals surface area contributed by atoms with Crippen LogP contribution in [0.15, 0.2) is 22.7 Å². The first-order valence-corrected chi connectivity index (χ1v) is 6.46. The Morgan fingerprint density at radius 3 is 2.43 bits per heavy atom. The van der Waals surface area contributed by atoms with E-state index in [1.165, 1.54) is 20.0 Å². The number of urea groups is 1. The number of halogens is 4. The van der Waals surface area contributed by atoms with E-state index in [-0.39, 0.29) is 10.2 Å². The maximum Gasteiger partial charge on any atom is 0.417 e. The molecular weight excluding hydrogens is 357 g/mol. The molecule has 0 bridgehead atoms. The summed E-state index contributed by atoms with van der Waals surface area (Å²) in [6, 6.07) is 1.26. The summed E-state index contributed by atoms with van der Waals surface area (Å²) in [6.07, 6.45) is -4.57. The molecule has 1 aromatic rings. The van der Waals surface area contributed by atoms with E-state index >= 15 is 0 Å². The van der Waals surface area contributed by atoms with E-state index in [1.54, 1.807) is 0 Å². The maximum absolute atomic E-state index is 12.7. The lowest BCUT2D eigenvalue weighted by atomic mass is 10.2. The Morgan fingerprint density at radius 1 is 1.38 bits per heavy atom. The van der Waals surface area contributed by atoms with E-state index < -0.39 is 29.8 Å². The average molecular weight is 369 g/mol. The molecule has 0 aliphatic rings. The van der Waals surface area contributed by atoms with Crippen LogP contribution >= 0.6 is 15.9 Å². The Kier molecular flexibility index (Phi) is 5.21. The number of amides is 2. The van der Waals surface area contributed by atoms with Crippen LogP contribution in [0.3, 0.4) is 0 Å². The van der Waals surface area contributed by atoms with Crippen molar-refractivity contribution in [2.75, 3.05) is 12.4 Å². The predicted octanol–water partition coefficient (Wildman–Crippen LogP) is 3.40. The highest BCUT2D eigenvalue weighted by Gasteiger charge is 2.33. The molecule has 0 aliphatic heterocycles. The Bertz CT molecular complexity index is 563. The van der Waals surface area contributed by atoms with Gasteiger partial charge in [0.2, 0.25) is 0 Å². The van der Waals surface area contributed by atoms with Crippen LogP contribution in [0, 0.1) is 0 Å². The van der Waals surface area contributed by atoms with E-state index in [1.807, 2.05) is 0 Å². The van der Waals surface area contributed by atoms with Crippen LogP contribution in [0.2, 0.25) is 0 Å². The lowest BCUT2D eigenvalue weighted by Gasteiger charge is -2.22. The number of carboxylic acids is 1. The Labute approximate surface area is 126 Å². The first kappa shape index (κ1) is 17.3. The van der Waals surface area contributed by atoms with Gasteiger partial charge in [-0.3, -0.25) is 0 Å². The number of rotatable bonds is 3. The van der Waals surface area contributed by atoms with E-state index in [0.717, 1.165) is 17.0 Å². The number of anilines is 1. The molecule has 0 fully saturated rings. The van der Waals surface area contributed by atoms with E-state index in [0.29, 0.717) is 0 Å². The highest BCUT2D eigenvalue weighted by molar-refractivity contribution is 9.10. The standard InChI is InChI=1S/C12H12BrF3N2O3/c1-6(10(19)20)18(2)11(21)17-7-3-4-9(13)8(5-7)12(14,15)16/h3-6H,1-2H3,(H,17,21)(H,19,20). The van der Waals surface area contributed by atoms with Crippen LogP contribution in [0.4, 0.5) is 23.7 Å². The van der Waals surface area contributed by atoms with Crippen LogP contribution in [-0.2, 0) is 11.0 Å². The van der Waals surface area contributed by atoms with Crippen molar-refractivity contribution in [1.82, 2.24) is 4.90 Å². The molecule has 0 saturated heterocycles. The fourth-order valence-electron chi connectivity index (χ4n) is 1.37. The number of aliphatic carboxylic acids is 1. The van der Waals surface area contributed by atoms with Gasteiger partial charge in [-0.15, -0.1) is 0 Å². The van der Waals surface area contributed by atoms with Gasteiger partial charge in [-0.2, -0.15) is 13.2 Å². The van der Waals surface area contributed by atoms with Gasteiger partial charge < -0.3 is 15.3 Å². The number of carbonyl (C=O) groups is 2. The van der Waals surface area contributed by atoms with Gasteiger partial charge in [0.25, 0.3) is 0 Å². The third kappa shape index (κ3) is 4.35. The monoisotopic (exact) mass is 368 g/mol. The fourth-order valence-corrected chi connectivity index (χ4v) is 1.84. The molecule has 1 atom stereocenters. The highest BCUT2D eigenvalue weighted by atomic mass is 79.9. The second kappa shape index (κ2) is 6.33. The number of carbonyl (C=O) groups excluding carboxylic acids is 1. The Balaban J connectivity index is 2.94. The zero-order valence-corrected chi connectivity index (χ0v) is 12.6. The second-order valence-corrected chi connectivity index (χ2v) is 5.10. The predicted molar refractivity (Wildman–Crippen MR) is 73.0 cm³/mol. The fraction of sp³-hybridized carbons (Fsp3) is 0.333. The number of benzene rings is 1. The lowest BCUT2D eigenvalue weighted by molar-refractivity contribution is -0.141. The van der Waals surface area contributed by atoms with Gasteiger partial charge in [0.05, 0.1) is 5.56 Å². The second-order valence-electron chi connectivity index (χ2n) is 4.25. The molecule has 0 aromatic heterocycles. The average Bonchev–Trinajstić information content (AvgIpc) is 2.37. The molecule has 5 nitrogen and oxygen atoms in total. The number of likely N-dealkylation sites (N-methyl/N-ethyl adjacent to an activating group) is 1. The number of alkyl halides is 3. The summed E-state index contributed by atoms with van der Waals surface area (Å²) in [4.78, 5) is 23.4. The minimum absolute atomic E-state index is 0.0834. The topological polar surface area (TPSA) is 69.6 Å². The molecule has 1 aromatic carbocycles. The number of carboxylic acid groups (broad SMARTS) is 1. The smallest absolute Gasteiger partial charge is 0.417 e. The number of nitrogens with zero attached hydrogens (tertiary/aromatic N) is 1. The first-order valence-electron chi connectivity index (χ1n) is 5.67. The summed E-state index contributed by atoms with van der Waals surface area (Å²) in [7, 11) is 1.23. The summed E-state index contributed by atoms with van der Waals surface area (Å²) in [5.74, 6) is -1.22. The molecule has 0 spiro atoms. The van der Waals surface area contributed by atoms with Crippen molar-refractivity contribution in [3.63, 3.8) is 0 Å². The van der Waals surface area contributed by atoms with Gasteiger partial charge in [0.1, 0.15) is 6.04 Å². The van der Waals surface area contributed by atoms with Gasteiger partial charge in [-0.1, -0.05) is 15.9 Å². The molecule has 0 aliphatic carbocycles. The van der Waals surface area contributed by atoms with Gasteiger partial charge >= 0.3 is 18.2 Å². The van der Waals surface area contributed by atoms with Crippen LogP contribution in [0.1, 0.15) is 12.5 Å². The van der Waals surface area contributed by atoms with Crippen molar-refractivity contribution in [2.45, 2.75) is 19.1 Å². The van der Waals surface area contributed by atoms with Crippen LogP contribution in [-0.4, -0.2) is 35.1 Å². The summed E-state index contributed by atoms with van der Waals surface area (Å²) < 4.78 is 38.0. The summed E-state index contributed by atoms with van der Waals surface area (Å²) >= 11 is 2.78. The zero-order chi connectivity index (χ0) is 16.4. The lowest BCUT2D eigenvalue weighted by Crippen LogP contribution is -2.42. The van der Waals surface area contributed by atoms with Crippen molar-refractivity contribution in [2.24, 2.45) is 0 Å². The molecule has 116 valence electrons. The van der Waals surface area contributed by atoms with Gasteiger partial charge in [0.15, 0.2) is 0 Å². The highest BCUT2D eigenvalue weighted by Crippen LogP contribution is 2.36. The summed E-state index contributed by atoms with van der Waals surface area (Å²) in [5, 5.41) is 11.0. The van der Waals surface area contributed by atoms with Crippen molar-refractivity contribution in [3.05, 3.63) is 28.2 Å². The number of nitrogens with one attached hydrogen (secondary N) is 1. The SMILES string of the molecule is CC(C(=O)O)N(C)C(=O)Nc1ccc(Br)c(C(F)(F)F)c1. The molecular formula is C12H12BrF3N2O3. The van der Waals surface area contributed by atoms with Crippen LogP contribution < -0.4 is 5.32 Å². The van der Waals surface area contributed by atoms with Crippen molar-refractivity contribution < 1.29 is 27.9 Å². The number of hydrogen-bond acceptors (Lipinski definition) is 2. The molecule has 1 rings (SSSR count). The van der Waals surface area contributed by atoms with Crippen molar-refractivity contribution in [3.8, 4) is 0 Å². The third-order valence-corrected chi connectivity index (χ3v) is 3.47. The van der Waals surface area contributed by atoms with Gasteiger partial charge in [0, 0.05) is 17.2 Å². The van der Waals surface area contributed by atoms with E-state index in [9.17, 15) is 22.8 Å². The molecule has 9 heteroatoms. The van der Waals surface area contributed by atoms with Crippen molar-refractivity contribution >= 4 is 33.6 Å². The maximum atomic E-state index is 12.7. The Morgan fingerprint density at radius 2 is 1.95 bits per heavy atom. The molecule has 2 N–H and O–H groups in total. The van der Waals surface area contributed by atoms with Gasteiger partial charge in [-0.05, 0) is 25.1 Å². The molecule has 0 radical (unpaired) electrons. The molecule has 21 heavy (non-hydrogen) atoms. The third-order valence-electron chi connectivity index (χ3n) is 2.78.